The standard InChI is InChI=1S/C13H15ClO3S/c14-12-3-1-10(2-4-12)8-18(16)9-13(15)11-5-6-17-7-11/h1-4,11H,5-9H2. The van der Waals surface area contributed by atoms with E-state index in [2.05, 4.69) is 0 Å². The molecule has 1 saturated heterocycles. The van der Waals surface area contributed by atoms with Gasteiger partial charge < -0.3 is 4.74 Å². The number of carbonyl (C=O) groups excluding carboxylic acids is 1. The highest BCUT2D eigenvalue weighted by Gasteiger charge is 2.24. The monoisotopic (exact) mass is 286 g/mol. The lowest BCUT2D eigenvalue weighted by atomic mass is 10.1. The first-order chi connectivity index (χ1) is 8.65. The summed E-state index contributed by atoms with van der Waals surface area (Å²) in [4.78, 5) is 11.8. The van der Waals surface area contributed by atoms with Gasteiger partial charge in [-0.3, -0.25) is 9.00 Å². The van der Waals surface area contributed by atoms with Crippen LogP contribution in [0.2, 0.25) is 5.02 Å². The molecule has 1 heterocycles. The number of ether oxygens (including phenoxy) is 1. The van der Waals surface area contributed by atoms with E-state index >= 15 is 0 Å². The van der Waals surface area contributed by atoms with Gasteiger partial charge in [-0.1, -0.05) is 23.7 Å². The zero-order chi connectivity index (χ0) is 13.0. The maximum atomic E-state index is 11.9. The summed E-state index contributed by atoms with van der Waals surface area (Å²) in [7, 11) is -1.15. The van der Waals surface area contributed by atoms with Crippen LogP contribution in [-0.4, -0.2) is 29.0 Å². The maximum absolute atomic E-state index is 11.9. The fourth-order valence-electron chi connectivity index (χ4n) is 1.88. The Labute approximate surface area is 114 Å². The predicted molar refractivity (Wildman–Crippen MR) is 72.1 cm³/mol. The zero-order valence-electron chi connectivity index (χ0n) is 9.93. The lowest BCUT2D eigenvalue weighted by Gasteiger charge is -2.06. The van der Waals surface area contributed by atoms with Gasteiger partial charge in [0.05, 0.1) is 12.4 Å². The third kappa shape index (κ3) is 3.90. The Morgan fingerprint density at radius 3 is 2.72 bits per heavy atom. The highest BCUT2D eigenvalue weighted by Crippen LogP contribution is 2.15. The van der Waals surface area contributed by atoms with Crippen LogP contribution in [0.3, 0.4) is 0 Å². The fraction of sp³-hybridized carbons (Fsp3) is 0.462. The Morgan fingerprint density at radius 2 is 2.11 bits per heavy atom. The van der Waals surface area contributed by atoms with Gasteiger partial charge in [0, 0.05) is 34.1 Å². The van der Waals surface area contributed by atoms with Crippen molar-refractivity contribution in [2.24, 2.45) is 5.92 Å². The van der Waals surface area contributed by atoms with Crippen LogP contribution in [0.5, 0.6) is 0 Å². The Kier molecular flexibility index (Phi) is 4.92. The summed E-state index contributed by atoms with van der Waals surface area (Å²) in [6, 6.07) is 7.20. The second-order valence-electron chi connectivity index (χ2n) is 4.38. The van der Waals surface area contributed by atoms with Crippen LogP contribution >= 0.6 is 11.6 Å². The molecule has 2 atom stereocenters. The van der Waals surface area contributed by atoms with Crippen LogP contribution in [0.4, 0.5) is 0 Å². The van der Waals surface area contributed by atoms with Crippen molar-refractivity contribution in [3.8, 4) is 0 Å². The van der Waals surface area contributed by atoms with E-state index in [0.717, 1.165) is 12.0 Å². The van der Waals surface area contributed by atoms with Crippen LogP contribution in [0.1, 0.15) is 12.0 Å². The third-order valence-corrected chi connectivity index (χ3v) is 4.44. The summed E-state index contributed by atoms with van der Waals surface area (Å²) in [5, 5.41) is 0.656. The van der Waals surface area contributed by atoms with E-state index in [4.69, 9.17) is 16.3 Å². The molecule has 0 amide bonds. The van der Waals surface area contributed by atoms with Gasteiger partial charge in [0.25, 0.3) is 0 Å². The molecule has 2 unspecified atom stereocenters. The first-order valence-corrected chi connectivity index (χ1v) is 7.71. The summed E-state index contributed by atoms with van der Waals surface area (Å²) >= 11 is 5.77. The molecule has 3 nitrogen and oxygen atoms in total. The molecule has 0 saturated carbocycles. The minimum absolute atomic E-state index is 0.0554. The molecule has 98 valence electrons. The summed E-state index contributed by atoms with van der Waals surface area (Å²) in [6.45, 7) is 1.12. The number of halogens is 1. The summed E-state index contributed by atoms with van der Waals surface area (Å²) in [5.74, 6) is 0.520. The van der Waals surface area contributed by atoms with E-state index in [9.17, 15) is 9.00 Å². The molecule has 1 aliphatic rings. The van der Waals surface area contributed by atoms with Gasteiger partial charge in [0.2, 0.25) is 0 Å². The quantitative estimate of drug-likeness (QED) is 0.833. The van der Waals surface area contributed by atoms with Crippen LogP contribution < -0.4 is 0 Å². The Morgan fingerprint density at radius 1 is 1.39 bits per heavy atom. The molecule has 0 aliphatic carbocycles. The Hall–Kier alpha value is -0.710. The highest BCUT2D eigenvalue weighted by molar-refractivity contribution is 7.84. The molecular weight excluding hydrogens is 272 g/mol. The average Bonchev–Trinajstić information content (AvgIpc) is 2.85. The van der Waals surface area contributed by atoms with Crippen molar-refractivity contribution in [1.29, 1.82) is 0 Å². The van der Waals surface area contributed by atoms with Gasteiger partial charge in [0.1, 0.15) is 0 Å². The summed E-state index contributed by atoms with van der Waals surface area (Å²) < 4.78 is 17.0. The molecule has 0 bridgehead atoms. The smallest absolute Gasteiger partial charge is 0.150 e. The second kappa shape index (κ2) is 6.45. The first kappa shape index (κ1) is 13.7. The average molecular weight is 287 g/mol. The lowest BCUT2D eigenvalue weighted by molar-refractivity contribution is -0.120. The third-order valence-electron chi connectivity index (χ3n) is 2.93. The van der Waals surface area contributed by atoms with Crippen molar-refractivity contribution in [3.63, 3.8) is 0 Å². The number of rotatable bonds is 5. The van der Waals surface area contributed by atoms with Crippen molar-refractivity contribution in [2.75, 3.05) is 19.0 Å². The molecule has 0 spiro atoms. The number of carbonyl (C=O) groups is 1. The van der Waals surface area contributed by atoms with E-state index in [1.54, 1.807) is 12.1 Å². The lowest BCUT2D eigenvalue weighted by Crippen LogP contribution is -2.21. The van der Waals surface area contributed by atoms with Crippen molar-refractivity contribution >= 4 is 28.2 Å². The first-order valence-electron chi connectivity index (χ1n) is 5.85. The van der Waals surface area contributed by atoms with Gasteiger partial charge in [-0.25, -0.2) is 0 Å². The molecule has 1 aromatic carbocycles. The fourth-order valence-corrected chi connectivity index (χ4v) is 3.23. The van der Waals surface area contributed by atoms with Gasteiger partial charge in [-0.15, -0.1) is 0 Å². The molecule has 1 aliphatic heterocycles. The molecule has 1 aromatic rings. The molecule has 5 heteroatoms. The Bertz CT molecular complexity index is 438. The van der Waals surface area contributed by atoms with E-state index in [1.807, 2.05) is 12.1 Å². The molecule has 0 aromatic heterocycles. The van der Waals surface area contributed by atoms with Crippen molar-refractivity contribution in [1.82, 2.24) is 0 Å². The van der Waals surface area contributed by atoms with E-state index in [-0.39, 0.29) is 17.5 Å². The van der Waals surface area contributed by atoms with Crippen LogP contribution in [-0.2, 0) is 26.1 Å². The molecular formula is C13H15ClO3S. The van der Waals surface area contributed by atoms with Gasteiger partial charge in [-0.05, 0) is 24.1 Å². The topological polar surface area (TPSA) is 43.4 Å². The minimum atomic E-state index is -1.15. The van der Waals surface area contributed by atoms with Crippen molar-refractivity contribution in [3.05, 3.63) is 34.9 Å². The summed E-state index contributed by atoms with van der Waals surface area (Å²) in [5.41, 5.74) is 0.938. The van der Waals surface area contributed by atoms with Gasteiger partial charge in [0.15, 0.2) is 5.78 Å². The molecule has 0 N–H and O–H groups in total. The minimum Gasteiger partial charge on any atom is -0.381 e. The van der Waals surface area contributed by atoms with E-state index < -0.39 is 10.8 Å². The molecule has 1 fully saturated rings. The van der Waals surface area contributed by atoms with Crippen LogP contribution in [0, 0.1) is 5.92 Å². The number of hydrogen-bond acceptors (Lipinski definition) is 3. The second-order valence-corrected chi connectivity index (χ2v) is 6.28. The number of Topliss-reactive ketones (excluding diaryl/α,β-unsaturated/α-hetero) is 1. The SMILES string of the molecule is O=C(CS(=O)Cc1ccc(Cl)cc1)C1CCOC1. The van der Waals surface area contributed by atoms with E-state index in [0.29, 0.717) is 24.0 Å². The Balaban J connectivity index is 1.84. The van der Waals surface area contributed by atoms with E-state index in [1.165, 1.54) is 0 Å². The molecule has 0 radical (unpaired) electrons. The number of benzene rings is 1. The van der Waals surface area contributed by atoms with Gasteiger partial charge >= 0.3 is 0 Å². The normalized spacial score (nSPS) is 20.8. The summed E-state index contributed by atoms with van der Waals surface area (Å²) in [6.07, 6.45) is 0.761. The largest absolute Gasteiger partial charge is 0.381 e. The van der Waals surface area contributed by atoms with Crippen LogP contribution in [0.25, 0.3) is 0 Å². The predicted octanol–water partition coefficient (Wildman–Crippen LogP) is 2.19. The van der Waals surface area contributed by atoms with Crippen molar-refractivity contribution < 1.29 is 13.7 Å². The highest BCUT2D eigenvalue weighted by atomic mass is 35.5. The zero-order valence-corrected chi connectivity index (χ0v) is 11.5. The maximum Gasteiger partial charge on any atom is 0.150 e. The van der Waals surface area contributed by atoms with Crippen LogP contribution in [0.15, 0.2) is 24.3 Å². The molecule has 18 heavy (non-hydrogen) atoms. The van der Waals surface area contributed by atoms with Crippen molar-refractivity contribution in [2.45, 2.75) is 12.2 Å². The molecule has 2 rings (SSSR count). The number of ketones is 1. The van der Waals surface area contributed by atoms with Gasteiger partial charge in [-0.2, -0.15) is 0 Å². The number of hydrogen-bond donors (Lipinski definition) is 0.